The summed E-state index contributed by atoms with van der Waals surface area (Å²) < 4.78 is 0. The highest BCUT2D eigenvalue weighted by Crippen LogP contribution is 2.32. The zero-order chi connectivity index (χ0) is 16.4. The van der Waals surface area contributed by atoms with Gasteiger partial charge in [0.2, 0.25) is 0 Å². The summed E-state index contributed by atoms with van der Waals surface area (Å²) in [5.74, 6) is 0.479. The second-order valence-corrected chi connectivity index (χ2v) is 7.56. The Morgan fingerprint density at radius 3 is 2.48 bits per heavy atom. The average Bonchev–Trinajstić information content (AvgIpc) is 2.89. The number of aryl methyl sites for hydroxylation is 2. The molecule has 0 bridgehead atoms. The molecule has 1 aromatic carbocycles. The molecule has 1 aromatic heterocycles. The average molecular weight is 350 g/mol. The second-order valence-electron chi connectivity index (χ2n) is 5.89. The molecule has 2 heterocycles. The molecule has 2 amide bonds. The van der Waals surface area contributed by atoms with Gasteiger partial charge in [-0.1, -0.05) is 11.6 Å². The number of amides is 2. The van der Waals surface area contributed by atoms with Gasteiger partial charge in [-0.3, -0.25) is 0 Å². The third kappa shape index (κ3) is 3.85. The van der Waals surface area contributed by atoms with Crippen molar-refractivity contribution in [2.75, 3.05) is 18.4 Å². The summed E-state index contributed by atoms with van der Waals surface area (Å²) in [6, 6.07) is 7.13. The van der Waals surface area contributed by atoms with E-state index in [-0.39, 0.29) is 6.03 Å². The Labute approximate surface area is 145 Å². The Hall–Kier alpha value is -1.59. The molecule has 0 saturated carbocycles. The molecule has 0 unspecified atom stereocenters. The molecule has 0 aliphatic carbocycles. The maximum Gasteiger partial charge on any atom is 0.321 e. The van der Waals surface area contributed by atoms with Crippen LogP contribution in [-0.4, -0.2) is 29.0 Å². The van der Waals surface area contributed by atoms with E-state index in [1.165, 1.54) is 9.88 Å². The number of hydrogen-bond donors (Lipinski definition) is 1. The lowest BCUT2D eigenvalue weighted by Gasteiger charge is -2.31. The normalized spacial score (nSPS) is 15.7. The van der Waals surface area contributed by atoms with Crippen molar-refractivity contribution in [2.45, 2.75) is 32.6 Å². The van der Waals surface area contributed by atoms with Crippen LogP contribution in [0.1, 0.15) is 34.3 Å². The smallest absolute Gasteiger partial charge is 0.321 e. The molecule has 1 aliphatic heterocycles. The Morgan fingerprint density at radius 2 is 1.91 bits per heavy atom. The summed E-state index contributed by atoms with van der Waals surface area (Å²) in [6.07, 6.45) is 1.95. The van der Waals surface area contributed by atoms with Crippen LogP contribution in [0, 0.1) is 13.8 Å². The molecule has 6 heteroatoms. The van der Waals surface area contributed by atoms with Gasteiger partial charge in [0.25, 0.3) is 0 Å². The number of rotatable bonds is 2. The summed E-state index contributed by atoms with van der Waals surface area (Å²) in [4.78, 5) is 20.2. The number of piperidine rings is 1. The third-order valence-electron chi connectivity index (χ3n) is 4.27. The van der Waals surface area contributed by atoms with Crippen molar-refractivity contribution in [1.82, 2.24) is 9.88 Å². The SMILES string of the molecule is Cc1nc(C2CCN(C(=O)Nc3ccc(Cl)cc3)CC2)sc1C. The van der Waals surface area contributed by atoms with Gasteiger partial charge in [-0.25, -0.2) is 9.78 Å². The van der Waals surface area contributed by atoms with E-state index in [2.05, 4.69) is 24.1 Å². The molecule has 1 N–H and O–H groups in total. The van der Waals surface area contributed by atoms with E-state index in [1.807, 2.05) is 17.0 Å². The van der Waals surface area contributed by atoms with Crippen molar-refractivity contribution in [2.24, 2.45) is 0 Å². The molecule has 1 fully saturated rings. The van der Waals surface area contributed by atoms with Gasteiger partial charge in [0, 0.05) is 34.6 Å². The fraction of sp³-hybridized carbons (Fsp3) is 0.412. The highest BCUT2D eigenvalue weighted by atomic mass is 35.5. The first-order chi connectivity index (χ1) is 11.0. The van der Waals surface area contributed by atoms with E-state index in [4.69, 9.17) is 11.6 Å². The molecule has 0 radical (unpaired) electrons. The van der Waals surface area contributed by atoms with Crippen molar-refractivity contribution in [3.8, 4) is 0 Å². The number of nitrogens with one attached hydrogen (secondary N) is 1. The minimum Gasteiger partial charge on any atom is -0.324 e. The van der Waals surface area contributed by atoms with E-state index < -0.39 is 0 Å². The lowest BCUT2D eigenvalue weighted by Crippen LogP contribution is -2.40. The van der Waals surface area contributed by atoms with Gasteiger partial charge >= 0.3 is 6.03 Å². The van der Waals surface area contributed by atoms with Crippen LogP contribution in [0.15, 0.2) is 24.3 Å². The summed E-state index contributed by atoms with van der Waals surface area (Å²) in [7, 11) is 0. The largest absolute Gasteiger partial charge is 0.324 e. The molecule has 0 atom stereocenters. The van der Waals surface area contributed by atoms with E-state index in [0.717, 1.165) is 37.3 Å². The topological polar surface area (TPSA) is 45.2 Å². The Bertz CT molecular complexity index is 671. The minimum absolute atomic E-state index is 0.0442. The maximum absolute atomic E-state index is 12.3. The summed E-state index contributed by atoms with van der Waals surface area (Å²) >= 11 is 7.65. The van der Waals surface area contributed by atoms with Gasteiger partial charge < -0.3 is 10.2 Å². The summed E-state index contributed by atoms with van der Waals surface area (Å²) in [5, 5.41) is 4.81. The first-order valence-corrected chi connectivity index (χ1v) is 8.98. The number of likely N-dealkylation sites (tertiary alicyclic amines) is 1. The lowest BCUT2D eigenvalue weighted by molar-refractivity contribution is 0.194. The minimum atomic E-state index is -0.0442. The predicted octanol–water partition coefficient (Wildman–Crippen LogP) is 4.82. The van der Waals surface area contributed by atoms with Crippen LogP contribution in [-0.2, 0) is 0 Å². The number of carbonyl (C=O) groups excluding carboxylic acids is 1. The molecule has 122 valence electrons. The summed E-state index contributed by atoms with van der Waals surface area (Å²) in [5.41, 5.74) is 1.90. The number of urea groups is 1. The molecule has 2 aromatic rings. The highest BCUT2D eigenvalue weighted by molar-refractivity contribution is 7.11. The van der Waals surface area contributed by atoms with Crippen LogP contribution in [0.5, 0.6) is 0 Å². The molecular weight excluding hydrogens is 330 g/mol. The quantitative estimate of drug-likeness (QED) is 0.844. The predicted molar refractivity (Wildman–Crippen MR) is 95.6 cm³/mol. The van der Waals surface area contributed by atoms with Gasteiger partial charge in [-0.05, 0) is 51.0 Å². The maximum atomic E-state index is 12.3. The van der Waals surface area contributed by atoms with Crippen LogP contribution in [0.4, 0.5) is 10.5 Å². The number of hydrogen-bond acceptors (Lipinski definition) is 3. The number of carbonyl (C=O) groups is 1. The van der Waals surface area contributed by atoms with E-state index >= 15 is 0 Å². The second kappa shape index (κ2) is 6.89. The Kier molecular flexibility index (Phi) is 4.87. The summed E-state index contributed by atoms with van der Waals surface area (Å²) in [6.45, 7) is 5.71. The first kappa shape index (κ1) is 16.3. The fourth-order valence-electron chi connectivity index (χ4n) is 2.74. The fourth-order valence-corrected chi connectivity index (χ4v) is 3.96. The number of anilines is 1. The van der Waals surface area contributed by atoms with E-state index in [0.29, 0.717) is 10.9 Å². The van der Waals surface area contributed by atoms with Gasteiger partial charge in [0.05, 0.1) is 10.7 Å². The van der Waals surface area contributed by atoms with Gasteiger partial charge in [-0.15, -0.1) is 11.3 Å². The van der Waals surface area contributed by atoms with Gasteiger partial charge in [0.1, 0.15) is 0 Å². The first-order valence-electron chi connectivity index (χ1n) is 7.78. The number of benzene rings is 1. The van der Waals surface area contributed by atoms with E-state index in [9.17, 15) is 4.79 Å². The molecule has 3 rings (SSSR count). The van der Waals surface area contributed by atoms with Crippen molar-refractivity contribution in [3.63, 3.8) is 0 Å². The molecule has 23 heavy (non-hydrogen) atoms. The van der Waals surface area contributed by atoms with Gasteiger partial charge in [0.15, 0.2) is 0 Å². The molecule has 1 saturated heterocycles. The molecule has 4 nitrogen and oxygen atoms in total. The molecular formula is C17H20ClN3OS. The zero-order valence-electron chi connectivity index (χ0n) is 13.3. The monoisotopic (exact) mass is 349 g/mol. The van der Waals surface area contributed by atoms with E-state index in [1.54, 1.807) is 23.5 Å². The number of thiazole rings is 1. The van der Waals surface area contributed by atoms with Crippen molar-refractivity contribution < 1.29 is 4.79 Å². The standard InChI is InChI=1S/C17H20ClN3OS/c1-11-12(2)23-16(19-11)13-7-9-21(10-8-13)17(22)20-15-5-3-14(18)4-6-15/h3-6,13H,7-10H2,1-2H3,(H,20,22). The van der Waals surface area contributed by atoms with Gasteiger partial charge in [-0.2, -0.15) is 0 Å². The number of halogens is 1. The Balaban J connectivity index is 1.55. The van der Waals surface area contributed by atoms with Crippen molar-refractivity contribution >= 4 is 34.7 Å². The lowest BCUT2D eigenvalue weighted by atomic mass is 9.98. The molecule has 1 aliphatic rings. The number of nitrogens with zero attached hydrogens (tertiary/aromatic N) is 2. The van der Waals surface area contributed by atoms with Crippen LogP contribution in [0.2, 0.25) is 5.02 Å². The van der Waals surface area contributed by atoms with Crippen LogP contribution >= 0.6 is 22.9 Å². The zero-order valence-corrected chi connectivity index (χ0v) is 14.9. The molecule has 0 spiro atoms. The van der Waals surface area contributed by atoms with Crippen molar-refractivity contribution in [1.29, 1.82) is 0 Å². The number of aromatic nitrogens is 1. The Morgan fingerprint density at radius 1 is 1.26 bits per heavy atom. The highest BCUT2D eigenvalue weighted by Gasteiger charge is 2.26. The van der Waals surface area contributed by atoms with Crippen LogP contribution < -0.4 is 5.32 Å². The van der Waals surface area contributed by atoms with Crippen LogP contribution in [0.3, 0.4) is 0 Å². The van der Waals surface area contributed by atoms with Crippen LogP contribution in [0.25, 0.3) is 0 Å². The van der Waals surface area contributed by atoms with Crippen molar-refractivity contribution in [3.05, 3.63) is 44.9 Å². The third-order valence-corrected chi connectivity index (χ3v) is 5.76.